The van der Waals surface area contributed by atoms with Crippen LogP contribution < -0.4 is 15.4 Å². The lowest BCUT2D eigenvalue weighted by atomic mass is 9.93. The van der Waals surface area contributed by atoms with Crippen molar-refractivity contribution in [2.45, 2.75) is 19.9 Å². The smallest absolute Gasteiger partial charge is 0.251 e. The number of aryl methyl sites for hydroxylation is 1. The van der Waals surface area contributed by atoms with Gasteiger partial charge in [0.15, 0.2) is 0 Å². The van der Waals surface area contributed by atoms with Crippen LogP contribution in [0, 0.1) is 0 Å². The first-order chi connectivity index (χ1) is 15.3. The summed E-state index contributed by atoms with van der Waals surface area (Å²) < 4.78 is 7.79. The summed E-state index contributed by atoms with van der Waals surface area (Å²) in [5.41, 5.74) is 12.6. The Morgan fingerprint density at radius 1 is 1.22 bits per heavy atom. The second kappa shape index (κ2) is 8.63. The molecule has 0 aliphatic carbocycles. The van der Waals surface area contributed by atoms with Crippen molar-refractivity contribution in [2.24, 2.45) is 10.7 Å². The second-order valence-electron chi connectivity index (χ2n) is 8.33. The normalized spacial score (nSPS) is 12.6. The maximum atomic E-state index is 12.5. The minimum absolute atomic E-state index is 0.431. The van der Waals surface area contributed by atoms with E-state index in [0.29, 0.717) is 12.0 Å². The lowest BCUT2D eigenvalue weighted by Gasteiger charge is -2.26. The van der Waals surface area contributed by atoms with Crippen molar-refractivity contribution in [3.63, 3.8) is 0 Å². The topological polar surface area (TPSA) is 89.0 Å². The Bertz CT molecular complexity index is 1210. The standard InChI is InChI=1S/C24H30N6O2/c1-6-30-14-27-18-11-15(12-20(32-5)23(18)30)17-13-19(29(4)10-9-28(2)3)21(24(25)31)16-7-8-26-22(16)17/h8,11-14H,6-7,9-10H2,1-5H3,(H2,25,31). The Kier molecular flexibility index (Phi) is 5.88. The Balaban J connectivity index is 1.93. The molecule has 0 spiro atoms. The summed E-state index contributed by atoms with van der Waals surface area (Å²) in [5.74, 6) is 0.328. The quantitative estimate of drug-likeness (QED) is 0.589. The van der Waals surface area contributed by atoms with Crippen molar-refractivity contribution in [2.75, 3.05) is 46.2 Å². The van der Waals surface area contributed by atoms with Gasteiger partial charge in [-0.2, -0.15) is 0 Å². The summed E-state index contributed by atoms with van der Waals surface area (Å²) in [6, 6.07) is 6.10. The molecule has 4 rings (SSSR count). The lowest BCUT2D eigenvalue weighted by Crippen LogP contribution is -2.30. The van der Waals surface area contributed by atoms with Gasteiger partial charge in [-0.25, -0.2) is 4.98 Å². The minimum atomic E-state index is -0.431. The third kappa shape index (κ3) is 3.71. The summed E-state index contributed by atoms with van der Waals surface area (Å²) in [5, 5.41) is 0. The summed E-state index contributed by atoms with van der Waals surface area (Å²) in [7, 11) is 7.72. The Hall–Kier alpha value is -3.39. The van der Waals surface area contributed by atoms with Crippen LogP contribution in [0.2, 0.25) is 0 Å². The van der Waals surface area contributed by atoms with Crippen molar-refractivity contribution in [3.05, 3.63) is 35.7 Å². The monoisotopic (exact) mass is 434 g/mol. The summed E-state index contributed by atoms with van der Waals surface area (Å²) >= 11 is 0. The van der Waals surface area contributed by atoms with Crippen molar-refractivity contribution in [1.29, 1.82) is 0 Å². The van der Waals surface area contributed by atoms with Gasteiger partial charge in [0.25, 0.3) is 5.91 Å². The number of ether oxygens (including phenoxy) is 1. The lowest BCUT2D eigenvalue weighted by molar-refractivity contribution is 0.1000. The number of hydrogen-bond donors (Lipinski definition) is 1. The summed E-state index contributed by atoms with van der Waals surface area (Å²) in [6.07, 6.45) is 4.25. The molecular formula is C24H30N6O2. The molecule has 1 amide bonds. The molecule has 8 nitrogen and oxygen atoms in total. The maximum Gasteiger partial charge on any atom is 0.251 e. The number of aromatic nitrogens is 2. The number of carbonyl (C=O) groups is 1. The van der Waals surface area contributed by atoms with Crippen molar-refractivity contribution in [1.82, 2.24) is 14.5 Å². The number of likely N-dealkylation sites (N-methyl/N-ethyl adjacent to an activating group) is 2. The van der Waals surface area contributed by atoms with Crippen LogP contribution in [0.5, 0.6) is 5.75 Å². The van der Waals surface area contributed by atoms with Crippen LogP contribution in [-0.2, 0) is 13.0 Å². The molecule has 0 unspecified atom stereocenters. The van der Waals surface area contributed by atoms with Gasteiger partial charge in [-0.15, -0.1) is 0 Å². The van der Waals surface area contributed by atoms with Crippen LogP contribution in [0.15, 0.2) is 29.5 Å². The first kappa shape index (κ1) is 21.8. The van der Waals surface area contributed by atoms with Gasteiger partial charge in [0, 0.05) is 44.9 Å². The van der Waals surface area contributed by atoms with Crippen LogP contribution >= 0.6 is 0 Å². The molecule has 0 atom stereocenters. The molecular weight excluding hydrogens is 404 g/mol. The molecule has 3 aromatic rings. The number of imidazole rings is 1. The van der Waals surface area contributed by atoms with Gasteiger partial charge in [0.2, 0.25) is 0 Å². The van der Waals surface area contributed by atoms with Crippen LogP contribution in [-0.4, -0.2) is 67.9 Å². The van der Waals surface area contributed by atoms with E-state index in [-0.39, 0.29) is 0 Å². The molecule has 0 fully saturated rings. The number of amides is 1. The van der Waals surface area contributed by atoms with E-state index in [2.05, 4.69) is 37.3 Å². The summed E-state index contributed by atoms with van der Waals surface area (Å²) in [6.45, 7) is 4.50. The number of fused-ring (bicyclic) bond motifs is 2. The second-order valence-corrected chi connectivity index (χ2v) is 8.33. The molecule has 32 heavy (non-hydrogen) atoms. The van der Waals surface area contributed by atoms with E-state index >= 15 is 0 Å². The highest BCUT2D eigenvalue weighted by atomic mass is 16.5. The van der Waals surface area contributed by atoms with Crippen LogP contribution in [0.4, 0.5) is 11.4 Å². The molecule has 8 heteroatoms. The van der Waals surface area contributed by atoms with Crippen LogP contribution in [0.1, 0.15) is 22.8 Å². The van der Waals surface area contributed by atoms with E-state index in [9.17, 15) is 4.79 Å². The average molecular weight is 435 g/mol. The van der Waals surface area contributed by atoms with Gasteiger partial charge in [0.1, 0.15) is 11.3 Å². The van der Waals surface area contributed by atoms with E-state index in [0.717, 1.165) is 64.5 Å². The molecule has 1 aromatic heterocycles. The van der Waals surface area contributed by atoms with E-state index in [1.165, 1.54) is 0 Å². The first-order valence-electron chi connectivity index (χ1n) is 10.8. The third-order valence-corrected chi connectivity index (χ3v) is 5.99. The number of hydrogen-bond acceptors (Lipinski definition) is 6. The average Bonchev–Trinajstić information content (AvgIpc) is 3.42. The Morgan fingerprint density at radius 2 is 2.00 bits per heavy atom. The third-order valence-electron chi connectivity index (χ3n) is 5.99. The molecule has 1 aliphatic rings. The van der Waals surface area contributed by atoms with Gasteiger partial charge in [0.05, 0.1) is 35.9 Å². The number of methoxy groups -OCH3 is 1. The molecule has 0 saturated carbocycles. The Morgan fingerprint density at radius 3 is 2.66 bits per heavy atom. The molecule has 2 heterocycles. The van der Waals surface area contributed by atoms with Crippen molar-refractivity contribution in [3.8, 4) is 16.9 Å². The summed E-state index contributed by atoms with van der Waals surface area (Å²) in [4.78, 5) is 25.9. The molecule has 0 saturated heterocycles. The molecule has 0 bridgehead atoms. The number of nitrogens with zero attached hydrogens (tertiary/aromatic N) is 5. The number of aliphatic imine (C=N–C) groups is 1. The molecule has 0 radical (unpaired) electrons. The Labute approximate surface area is 188 Å². The van der Waals surface area contributed by atoms with Gasteiger partial charge >= 0.3 is 0 Å². The molecule has 1 aliphatic heterocycles. The predicted octanol–water partition coefficient (Wildman–Crippen LogP) is 3.09. The zero-order chi connectivity index (χ0) is 23.0. The van der Waals surface area contributed by atoms with Gasteiger partial charge in [-0.05, 0) is 50.3 Å². The number of benzene rings is 2. The number of nitrogens with two attached hydrogens (primary N) is 1. The zero-order valence-corrected chi connectivity index (χ0v) is 19.3. The highest BCUT2D eigenvalue weighted by Gasteiger charge is 2.26. The SMILES string of the molecule is CCn1cnc2cc(-c3cc(N(C)CCN(C)C)c(C(N)=O)c4c3N=CC4)cc(OC)c21. The van der Waals surface area contributed by atoms with Gasteiger partial charge in [-0.1, -0.05) is 0 Å². The molecule has 2 aromatic carbocycles. The molecule has 168 valence electrons. The highest BCUT2D eigenvalue weighted by molar-refractivity contribution is 6.07. The number of anilines is 1. The fraction of sp³-hybridized carbons (Fsp3) is 0.375. The van der Waals surface area contributed by atoms with Crippen molar-refractivity contribution >= 4 is 34.5 Å². The number of carbonyl (C=O) groups excluding carboxylic acids is 1. The fourth-order valence-electron chi connectivity index (χ4n) is 4.27. The maximum absolute atomic E-state index is 12.5. The van der Waals surface area contributed by atoms with Crippen LogP contribution in [0.3, 0.4) is 0 Å². The fourth-order valence-corrected chi connectivity index (χ4v) is 4.27. The van der Waals surface area contributed by atoms with Gasteiger partial charge < -0.3 is 24.8 Å². The highest BCUT2D eigenvalue weighted by Crippen LogP contribution is 2.44. The number of primary amides is 1. The van der Waals surface area contributed by atoms with Gasteiger partial charge in [-0.3, -0.25) is 9.79 Å². The van der Waals surface area contributed by atoms with Crippen molar-refractivity contribution < 1.29 is 9.53 Å². The van der Waals surface area contributed by atoms with E-state index in [1.807, 2.05) is 45.8 Å². The predicted molar refractivity (Wildman–Crippen MR) is 130 cm³/mol. The first-order valence-corrected chi connectivity index (χ1v) is 10.8. The largest absolute Gasteiger partial charge is 0.494 e. The zero-order valence-electron chi connectivity index (χ0n) is 19.3. The minimum Gasteiger partial charge on any atom is -0.494 e. The molecule has 2 N–H and O–H groups in total. The number of rotatable bonds is 8. The van der Waals surface area contributed by atoms with Crippen LogP contribution in [0.25, 0.3) is 22.2 Å². The van der Waals surface area contributed by atoms with E-state index in [4.69, 9.17) is 10.5 Å². The van der Waals surface area contributed by atoms with E-state index < -0.39 is 5.91 Å². The van der Waals surface area contributed by atoms with E-state index in [1.54, 1.807) is 7.11 Å².